The second-order valence-corrected chi connectivity index (χ2v) is 5.45. The second-order valence-electron chi connectivity index (χ2n) is 5.45. The minimum Gasteiger partial charge on any atom is -0.472 e. The summed E-state index contributed by atoms with van der Waals surface area (Å²) in [5.74, 6) is -4.46. The smallest absolute Gasteiger partial charge is 0.203 e. The molecule has 0 saturated carbocycles. The number of ether oxygens (including phenoxy) is 1. The van der Waals surface area contributed by atoms with Gasteiger partial charge in [-0.25, -0.2) is 13.8 Å². The zero-order valence-electron chi connectivity index (χ0n) is 13.4. The molecule has 1 atom stereocenters. The third-order valence-electron chi connectivity index (χ3n) is 3.64. The highest BCUT2D eigenvalue weighted by atomic mass is 19.2. The lowest BCUT2D eigenvalue weighted by atomic mass is 10.2. The van der Waals surface area contributed by atoms with Crippen LogP contribution in [-0.4, -0.2) is 15.8 Å². The van der Waals surface area contributed by atoms with Crippen molar-refractivity contribution in [2.45, 2.75) is 19.7 Å². The molecule has 0 aliphatic rings. The van der Waals surface area contributed by atoms with Crippen molar-refractivity contribution >= 4 is 0 Å². The third-order valence-corrected chi connectivity index (χ3v) is 3.64. The van der Waals surface area contributed by atoms with Crippen molar-refractivity contribution in [1.82, 2.24) is 14.9 Å². The summed E-state index contributed by atoms with van der Waals surface area (Å²) in [6.07, 6.45) is 4.66. The van der Waals surface area contributed by atoms with Crippen molar-refractivity contribution in [1.29, 1.82) is 0 Å². The van der Waals surface area contributed by atoms with Gasteiger partial charge in [-0.15, -0.1) is 0 Å². The predicted molar refractivity (Wildman–Crippen MR) is 86.8 cm³/mol. The van der Waals surface area contributed by atoms with Crippen LogP contribution in [0.5, 0.6) is 5.75 Å². The quantitative estimate of drug-likeness (QED) is 0.544. The summed E-state index contributed by atoms with van der Waals surface area (Å²) in [4.78, 5) is 3.99. The fourth-order valence-corrected chi connectivity index (χ4v) is 2.29. The van der Waals surface area contributed by atoms with E-state index in [2.05, 4.69) is 10.3 Å². The van der Waals surface area contributed by atoms with Gasteiger partial charge < -0.3 is 9.30 Å². The molecule has 130 valence electrons. The summed E-state index contributed by atoms with van der Waals surface area (Å²) >= 11 is 0. The lowest BCUT2D eigenvalue weighted by Gasteiger charge is -2.17. The number of halogens is 3. The van der Waals surface area contributed by atoms with Crippen LogP contribution in [0.1, 0.15) is 12.5 Å². The lowest BCUT2D eigenvalue weighted by molar-refractivity contribution is 0.170. The van der Waals surface area contributed by atoms with Crippen LogP contribution in [0.15, 0.2) is 55.1 Å². The normalized spacial score (nSPS) is 12.2. The van der Waals surface area contributed by atoms with Crippen molar-refractivity contribution in [2.24, 2.45) is 0 Å². The van der Waals surface area contributed by atoms with Crippen LogP contribution in [0.4, 0.5) is 13.2 Å². The molecule has 0 amide bonds. The molecule has 0 radical (unpaired) electrons. The first kappa shape index (κ1) is 17.0. The first-order chi connectivity index (χ1) is 12.0. The number of hydrogen-bond donors (Lipinski definition) is 1. The fraction of sp³-hybridized carbons (Fsp3) is 0.167. The number of hydrogen-bond acceptors (Lipinski definition) is 3. The Bertz CT molecular complexity index is 836. The van der Waals surface area contributed by atoms with E-state index >= 15 is 0 Å². The molecule has 0 fully saturated rings. The van der Waals surface area contributed by atoms with E-state index in [0.717, 1.165) is 23.4 Å². The second kappa shape index (κ2) is 7.40. The largest absolute Gasteiger partial charge is 0.472 e. The van der Waals surface area contributed by atoms with E-state index in [1.807, 2.05) is 35.0 Å². The minimum absolute atomic E-state index is 0.339. The van der Waals surface area contributed by atoms with Crippen LogP contribution < -0.4 is 10.1 Å². The number of imidazole rings is 1. The zero-order chi connectivity index (χ0) is 17.8. The molecule has 0 spiro atoms. The van der Waals surface area contributed by atoms with Gasteiger partial charge in [0, 0.05) is 24.6 Å². The SMILES string of the molecule is CC(NCc1ccc(-n2ccnc2)cc1)Oc1ccc(F)c(F)c1F. The Balaban J connectivity index is 1.57. The highest BCUT2D eigenvalue weighted by Crippen LogP contribution is 2.22. The Morgan fingerprint density at radius 1 is 1.08 bits per heavy atom. The Kier molecular flexibility index (Phi) is 5.04. The molecule has 1 aromatic heterocycles. The molecule has 4 nitrogen and oxygen atoms in total. The standard InChI is InChI=1S/C18H16F3N3O/c1-12(25-16-7-6-15(19)17(20)18(16)21)23-10-13-2-4-14(5-3-13)24-9-8-22-11-24/h2-9,11-12,23H,10H2,1H3. The van der Waals surface area contributed by atoms with Crippen LogP contribution >= 0.6 is 0 Å². The van der Waals surface area contributed by atoms with Crippen LogP contribution in [-0.2, 0) is 6.54 Å². The van der Waals surface area contributed by atoms with Crippen molar-refractivity contribution in [3.05, 3.63) is 78.1 Å². The van der Waals surface area contributed by atoms with Gasteiger partial charge in [0.2, 0.25) is 5.82 Å². The molecule has 0 bridgehead atoms. The molecular weight excluding hydrogens is 331 g/mol. The fourth-order valence-electron chi connectivity index (χ4n) is 2.29. The number of rotatable bonds is 6. The highest BCUT2D eigenvalue weighted by molar-refractivity contribution is 5.34. The lowest BCUT2D eigenvalue weighted by Crippen LogP contribution is -2.31. The van der Waals surface area contributed by atoms with Crippen molar-refractivity contribution in [3.8, 4) is 11.4 Å². The maximum atomic E-state index is 13.6. The van der Waals surface area contributed by atoms with Gasteiger partial charge >= 0.3 is 0 Å². The van der Waals surface area contributed by atoms with Crippen LogP contribution in [0, 0.1) is 17.5 Å². The van der Waals surface area contributed by atoms with E-state index < -0.39 is 23.7 Å². The zero-order valence-corrected chi connectivity index (χ0v) is 13.4. The van der Waals surface area contributed by atoms with Crippen molar-refractivity contribution in [2.75, 3.05) is 0 Å². The number of benzene rings is 2. The van der Waals surface area contributed by atoms with Gasteiger partial charge in [0.25, 0.3) is 0 Å². The molecule has 3 aromatic rings. The first-order valence-electron chi connectivity index (χ1n) is 7.65. The van der Waals surface area contributed by atoms with E-state index in [1.165, 1.54) is 0 Å². The van der Waals surface area contributed by atoms with Crippen molar-refractivity contribution in [3.63, 3.8) is 0 Å². The highest BCUT2D eigenvalue weighted by Gasteiger charge is 2.16. The Labute approximate surface area is 142 Å². The summed E-state index contributed by atoms with van der Waals surface area (Å²) in [5.41, 5.74) is 1.97. The van der Waals surface area contributed by atoms with Crippen molar-refractivity contribution < 1.29 is 17.9 Å². The van der Waals surface area contributed by atoms with Gasteiger partial charge in [-0.1, -0.05) is 12.1 Å². The van der Waals surface area contributed by atoms with Crippen LogP contribution in [0.3, 0.4) is 0 Å². The number of nitrogens with one attached hydrogen (secondary N) is 1. The predicted octanol–water partition coefficient (Wildman–Crippen LogP) is 3.80. The van der Waals surface area contributed by atoms with Gasteiger partial charge in [0.1, 0.15) is 6.23 Å². The van der Waals surface area contributed by atoms with E-state index in [4.69, 9.17) is 4.74 Å². The van der Waals surface area contributed by atoms with Gasteiger partial charge in [0.15, 0.2) is 17.4 Å². The van der Waals surface area contributed by atoms with E-state index in [-0.39, 0.29) is 5.75 Å². The molecule has 25 heavy (non-hydrogen) atoms. The Hall–Kier alpha value is -2.80. The molecule has 0 aliphatic carbocycles. The molecule has 7 heteroatoms. The van der Waals surface area contributed by atoms with Gasteiger partial charge in [-0.3, -0.25) is 5.32 Å². The van der Waals surface area contributed by atoms with Gasteiger partial charge in [0.05, 0.1) is 6.33 Å². The molecule has 1 heterocycles. The maximum absolute atomic E-state index is 13.6. The molecule has 0 saturated heterocycles. The van der Waals surface area contributed by atoms with E-state index in [0.29, 0.717) is 6.54 Å². The first-order valence-corrected chi connectivity index (χ1v) is 7.65. The molecule has 0 aliphatic heterocycles. The maximum Gasteiger partial charge on any atom is 0.203 e. The van der Waals surface area contributed by atoms with E-state index in [9.17, 15) is 13.2 Å². The summed E-state index contributed by atoms with van der Waals surface area (Å²) in [6.45, 7) is 2.12. The monoisotopic (exact) mass is 347 g/mol. The molecule has 2 aromatic carbocycles. The third kappa shape index (κ3) is 4.00. The van der Waals surface area contributed by atoms with E-state index in [1.54, 1.807) is 19.4 Å². The van der Waals surface area contributed by atoms with Gasteiger partial charge in [-0.05, 0) is 36.8 Å². The minimum atomic E-state index is -1.54. The molecule has 1 unspecified atom stereocenters. The topological polar surface area (TPSA) is 39.1 Å². The van der Waals surface area contributed by atoms with Crippen LogP contribution in [0.25, 0.3) is 5.69 Å². The Morgan fingerprint density at radius 2 is 1.84 bits per heavy atom. The Morgan fingerprint density at radius 3 is 2.52 bits per heavy atom. The summed E-state index contributed by atoms with van der Waals surface area (Å²) in [7, 11) is 0. The summed E-state index contributed by atoms with van der Waals surface area (Å²) < 4.78 is 46.9. The summed E-state index contributed by atoms with van der Waals surface area (Å²) in [6, 6.07) is 9.65. The summed E-state index contributed by atoms with van der Waals surface area (Å²) in [5, 5.41) is 3.04. The van der Waals surface area contributed by atoms with Crippen LogP contribution in [0.2, 0.25) is 0 Å². The molecule has 1 N–H and O–H groups in total. The average Bonchev–Trinajstić information content (AvgIpc) is 3.16. The van der Waals surface area contributed by atoms with Gasteiger partial charge in [-0.2, -0.15) is 4.39 Å². The molecule has 3 rings (SSSR count). The average molecular weight is 347 g/mol. The number of aromatic nitrogens is 2. The molecular formula is C18H16F3N3O. The number of nitrogens with zero attached hydrogens (tertiary/aromatic N) is 2.